The average molecular weight is 360 g/mol. The van der Waals surface area contributed by atoms with E-state index in [2.05, 4.69) is 15.3 Å². The van der Waals surface area contributed by atoms with Gasteiger partial charge in [-0.15, -0.1) is 0 Å². The summed E-state index contributed by atoms with van der Waals surface area (Å²) in [6.45, 7) is 5.29. The van der Waals surface area contributed by atoms with Crippen LogP contribution in [-0.4, -0.2) is 26.8 Å². The van der Waals surface area contributed by atoms with Gasteiger partial charge >= 0.3 is 0 Å². The largest absolute Gasteiger partial charge is 0.494 e. The lowest BCUT2D eigenvalue weighted by Crippen LogP contribution is -2.20. The van der Waals surface area contributed by atoms with E-state index in [9.17, 15) is 14.7 Å². The van der Waals surface area contributed by atoms with Gasteiger partial charge in [-0.1, -0.05) is 6.92 Å². The highest BCUT2D eigenvalue weighted by molar-refractivity contribution is 7.71. The molecule has 0 aliphatic carbocycles. The third-order valence-electron chi connectivity index (χ3n) is 3.71. The number of hydrogen-bond acceptors (Lipinski definition) is 5. The maximum absolute atomic E-state index is 12.1. The van der Waals surface area contributed by atoms with Gasteiger partial charge in [0.25, 0.3) is 5.56 Å². The summed E-state index contributed by atoms with van der Waals surface area (Å²) < 4.78 is 1.67. The van der Waals surface area contributed by atoms with E-state index in [4.69, 9.17) is 12.2 Å². The van der Waals surface area contributed by atoms with E-state index in [1.807, 2.05) is 13.8 Å². The predicted octanol–water partition coefficient (Wildman–Crippen LogP) is 3.29. The minimum atomic E-state index is -0.499. The first-order chi connectivity index (χ1) is 11.8. The predicted molar refractivity (Wildman–Crippen MR) is 101 cm³/mol. The number of carbonyl (C=O) groups excluding carboxylic acids is 1. The second kappa shape index (κ2) is 7.89. The van der Waals surface area contributed by atoms with Crippen LogP contribution in [0.15, 0.2) is 34.1 Å². The van der Waals surface area contributed by atoms with E-state index in [-0.39, 0.29) is 28.2 Å². The van der Waals surface area contributed by atoms with Crippen LogP contribution in [0.2, 0.25) is 0 Å². The van der Waals surface area contributed by atoms with Gasteiger partial charge in [-0.25, -0.2) is 0 Å². The van der Waals surface area contributed by atoms with Crippen molar-refractivity contribution in [3.05, 3.63) is 45.0 Å². The van der Waals surface area contributed by atoms with Crippen LogP contribution in [0.25, 0.3) is 0 Å². The molecule has 1 amide bonds. The van der Waals surface area contributed by atoms with E-state index in [0.717, 1.165) is 6.42 Å². The molecule has 0 saturated carbocycles. The molecule has 3 N–H and O–H groups in total. The number of rotatable bonds is 5. The summed E-state index contributed by atoms with van der Waals surface area (Å²) in [4.78, 5) is 29.9. The lowest BCUT2D eigenvalue weighted by Gasteiger charge is -2.16. The van der Waals surface area contributed by atoms with Gasteiger partial charge in [-0.3, -0.25) is 24.1 Å². The van der Waals surface area contributed by atoms with Gasteiger partial charge < -0.3 is 10.4 Å². The molecule has 0 bridgehead atoms. The van der Waals surface area contributed by atoms with Gasteiger partial charge in [0, 0.05) is 24.9 Å². The smallest absolute Gasteiger partial charge is 0.264 e. The summed E-state index contributed by atoms with van der Waals surface area (Å²) in [6, 6.07) is 6.72. The topological polar surface area (TPSA) is 99.5 Å². The first kappa shape index (κ1) is 18.6. The zero-order valence-electron chi connectivity index (χ0n) is 14.2. The Kier molecular flexibility index (Phi) is 5.87. The lowest BCUT2D eigenvalue weighted by atomic mass is 10.2. The number of nitrogens with zero attached hydrogens (tertiary/aromatic N) is 2. The van der Waals surface area contributed by atoms with Crippen LogP contribution in [-0.2, 0) is 4.79 Å². The van der Waals surface area contributed by atoms with E-state index in [0.29, 0.717) is 11.4 Å². The fourth-order valence-electron chi connectivity index (χ4n) is 2.23. The molecule has 0 saturated heterocycles. The zero-order valence-corrected chi connectivity index (χ0v) is 15.1. The molecule has 0 radical (unpaired) electrons. The summed E-state index contributed by atoms with van der Waals surface area (Å²) in [5.74, 6) is -0.368. The molecule has 25 heavy (non-hydrogen) atoms. The first-order valence-electron chi connectivity index (χ1n) is 7.83. The molecule has 0 aliphatic rings. The Bertz CT molecular complexity index is 913. The van der Waals surface area contributed by atoms with Crippen molar-refractivity contribution in [3.8, 4) is 5.88 Å². The van der Waals surface area contributed by atoms with Gasteiger partial charge in [-0.2, -0.15) is 0 Å². The van der Waals surface area contributed by atoms with Gasteiger partial charge in [-0.05, 0) is 49.8 Å². The highest BCUT2D eigenvalue weighted by Crippen LogP contribution is 2.21. The van der Waals surface area contributed by atoms with E-state index < -0.39 is 5.56 Å². The molecule has 1 aromatic carbocycles. The molecule has 1 heterocycles. The van der Waals surface area contributed by atoms with E-state index in [1.165, 1.54) is 17.7 Å². The average Bonchev–Trinajstić information content (AvgIpc) is 2.55. The van der Waals surface area contributed by atoms with Gasteiger partial charge in [0.2, 0.25) is 11.8 Å². The molecule has 2 aromatic rings. The molecule has 1 unspecified atom stereocenters. The number of amides is 1. The van der Waals surface area contributed by atoms with Crippen molar-refractivity contribution in [2.24, 2.45) is 4.99 Å². The van der Waals surface area contributed by atoms with Crippen LogP contribution in [0, 0.1) is 4.77 Å². The number of anilines is 1. The minimum absolute atomic E-state index is 0.0415. The SMILES string of the molecule is CCC(C)n1c(O)c(C=Nc2ccc(NC(C)=O)cc2)c(=O)[nH]c1=S. The van der Waals surface area contributed by atoms with Crippen LogP contribution in [0.5, 0.6) is 5.88 Å². The summed E-state index contributed by atoms with van der Waals surface area (Å²) >= 11 is 5.12. The summed E-state index contributed by atoms with van der Waals surface area (Å²) in [7, 11) is 0. The normalized spacial score (nSPS) is 12.3. The number of H-pyrrole nitrogens is 1. The number of aromatic amines is 1. The number of hydrogen-bond donors (Lipinski definition) is 3. The standard InChI is InChI=1S/C17H20N4O3S/c1-4-10(2)21-16(24)14(15(23)20-17(21)25)9-18-12-5-7-13(8-6-12)19-11(3)22/h5-10,24H,4H2,1-3H3,(H,19,22)(H,20,23,25). The molecule has 1 atom stereocenters. The Morgan fingerprint density at radius 3 is 2.64 bits per heavy atom. The van der Waals surface area contributed by atoms with Crippen molar-refractivity contribution in [2.45, 2.75) is 33.2 Å². The second-order valence-corrected chi connectivity index (χ2v) is 6.00. The maximum Gasteiger partial charge on any atom is 0.264 e. The van der Waals surface area contributed by atoms with Crippen LogP contribution < -0.4 is 10.9 Å². The molecule has 132 valence electrons. The van der Waals surface area contributed by atoms with Gasteiger partial charge in [0.05, 0.1) is 5.69 Å². The molecule has 0 aliphatic heterocycles. The molecule has 0 fully saturated rings. The molecule has 8 heteroatoms. The van der Waals surface area contributed by atoms with E-state index >= 15 is 0 Å². The third-order valence-corrected chi connectivity index (χ3v) is 4.01. The van der Waals surface area contributed by atoms with Crippen LogP contribution in [0.3, 0.4) is 0 Å². The van der Waals surface area contributed by atoms with Crippen LogP contribution in [0.4, 0.5) is 11.4 Å². The number of aliphatic imine (C=N–C) groups is 1. The van der Waals surface area contributed by atoms with Crippen molar-refractivity contribution in [2.75, 3.05) is 5.32 Å². The summed E-state index contributed by atoms with van der Waals surface area (Å²) in [5, 5.41) is 13.1. The van der Waals surface area contributed by atoms with Crippen LogP contribution in [0.1, 0.15) is 38.8 Å². The second-order valence-electron chi connectivity index (χ2n) is 5.61. The Hall–Kier alpha value is -2.74. The number of benzene rings is 1. The zero-order chi connectivity index (χ0) is 18.6. The Balaban J connectivity index is 2.36. The minimum Gasteiger partial charge on any atom is -0.494 e. The van der Waals surface area contributed by atoms with Crippen molar-refractivity contribution >= 4 is 35.7 Å². The fourth-order valence-corrected chi connectivity index (χ4v) is 2.59. The maximum atomic E-state index is 12.1. The van der Waals surface area contributed by atoms with Crippen molar-refractivity contribution in [1.29, 1.82) is 0 Å². The van der Waals surface area contributed by atoms with Gasteiger partial charge in [0.1, 0.15) is 5.56 Å². The lowest BCUT2D eigenvalue weighted by molar-refractivity contribution is -0.114. The highest BCUT2D eigenvalue weighted by atomic mass is 32.1. The molecular formula is C17H20N4O3S. The Morgan fingerprint density at radius 2 is 2.08 bits per heavy atom. The van der Waals surface area contributed by atoms with Gasteiger partial charge in [0.15, 0.2) is 4.77 Å². The number of aromatic hydroxyl groups is 1. The monoisotopic (exact) mass is 360 g/mol. The third kappa shape index (κ3) is 4.42. The number of carbonyl (C=O) groups is 1. The molecule has 2 rings (SSSR count). The fraction of sp³-hybridized carbons (Fsp3) is 0.294. The highest BCUT2D eigenvalue weighted by Gasteiger charge is 2.14. The number of nitrogens with one attached hydrogen (secondary N) is 2. The summed E-state index contributed by atoms with van der Waals surface area (Å²) in [5.41, 5.74) is 0.767. The molecule has 7 nitrogen and oxygen atoms in total. The van der Waals surface area contributed by atoms with Crippen molar-refractivity contribution in [1.82, 2.24) is 9.55 Å². The quantitative estimate of drug-likeness (QED) is 0.563. The van der Waals surface area contributed by atoms with Crippen molar-refractivity contribution < 1.29 is 9.90 Å². The number of aromatic nitrogens is 2. The molecule has 1 aromatic heterocycles. The first-order valence-corrected chi connectivity index (χ1v) is 8.23. The van der Waals surface area contributed by atoms with E-state index in [1.54, 1.807) is 24.3 Å². The Labute approximate surface area is 150 Å². The van der Waals surface area contributed by atoms with Crippen molar-refractivity contribution in [3.63, 3.8) is 0 Å². The summed E-state index contributed by atoms with van der Waals surface area (Å²) in [6.07, 6.45) is 2.05. The molecular weight excluding hydrogens is 340 g/mol. The van der Waals surface area contributed by atoms with Crippen LogP contribution >= 0.6 is 12.2 Å². The Morgan fingerprint density at radius 1 is 1.44 bits per heavy atom. The molecule has 0 spiro atoms.